The third-order valence-electron chi connectivity index (χ3n) is 4.44. The highest BCUT2D eigenvalue weighted by Crippen LogP contribution is 2.24. The van der Waals surface area contributed by atoms with E-state index in [1.165, 1.54) is 0 Å². The third-order valence-corrected chi connectivity index (χ3v) is 4.44. The van der Waals surface area contributed by atoms with Gasteiger partial charge in [-0.3, -0.25) is 9.59 Å². The number of benzene rings is 1. The number of halogens is 1. The van der Waals surface area contributed by atoms with Gasteiger partial charge in [0.25, 0.3) is 5.91 Å². The zero-order valence-corrected chi connectivity index (χ0v) is 15.3. The van der Waals surface area contributed by atoms with Crippen molar-refractivity contribution in [2.24, 2.45) is 5.92 Å². The van der Waals surface area contributed by atoms with E-state index in [1.807, 2.05) is 31.3 Å². The molecule has 0 bridgehead atoms. The van der Waals surface area contributed by atoms with Crippen LogP contribution in [0.3, 0.4) is 0 Å². The predicted octanol–water partition coefficient (Wildman–Crippen LogP) is 2.21. The molecule has 134 valence electrons. The smallest absolute Gasteiger partial charge is 0.253 e. The maximum atomic E-state index is 12.2. The minimum Gasteiger partial charge on any atom is -0.352 e. The monoisotopic (exact) mass is 353 g/mol. The van der Waals surface area contributed by atoms with E-state index in [0.717, 1.165) is 37.8 Å². The molecule has 5 nitrogen and oxygen atoms in total. The van der Waals surface area contributed by atoms with E-state index in [4.69, 9.17) is 0 Å². The van der Waals surface area contributed by atoms with Crippen molar-refractivity contribution in [2.45, 2.75) is 32.2 Å². The number of carbonyl (C=O) groups is 2. The maximum Gasteiger partial charge on any atom is 0.253 e. The molecule has 2 amide bonds. The van der Waals surface area contributed by atoms with Gasteiger partial charge in [0.05, 0.1) is 0 Å². The summed E-state index contributed by atoms with van der Waals surface area (Å²) in [5.74, 6) is 0.368. The largest absolute Gasteiger partial charge is 0.352 e. The number of likely N-dealkylation sites (N-methyl/N-ethyl adjacent to an activating group) is 2. The van der Waals surface area contributed by atoms with Crippen LogP contribution in [0, 0.1) is 5.92 Å². The van der Waals surface area contributed by atoms with Crippen LogP contribution in [0.2, 0.25) is 0 Å². The quantitative estimate of drug-likeness (QED) is 0.790. The number of hydrogen-bond donors (Lipinski definition) is 2. The van der Waals surface area contributed by atoms with Gasteiger partial charge in [0.2, 0.25) is 5.91 Å². The molecular formula is C18H28ClN3O2. The molecule has 24 heavy (non-hydrogen) atoms. The van der Waals surface area contributed by atoms with Crippen molar-refractivity contribution < 1.29 is 9.59 Å². The first kappa shape index (κ1) is 20.5. The fourth-order valence-corrected chi connectivity index (χ4v) is 2.89. The van der Waals surface area contributed by atoms with Crippen molar-refractivity contribution >= 4 is 24.2 Å². The fourth-order valence-electron chi connectivity index (χ4n) is 2.89. The minimum atomic E-state index is 0. The Kier molecular flexibility index (Phi) is 8.79. The van der Waals surface area contributed by atoms with Crippen LogP contribution in [-0.2, 0) is 11.3 Å². The Morgan fingerprint density at radius 1 is 1.17 bits per heavy atom. The molecule has 1 fully saturated rings. The van der Waals surface area contributed by atoms with E-state index in [2.05, 4.69) is 10.6 Å². The van der Waals surface area contributed by atoms with E-state index in [0.29, 0.717) is 18.7 Å². The lowest BCUT2D eigenvalue weighted by atomic mass is 10.1. The summed E-state index contributed by atoms with van der Waals surface area (Å²) < 4.78 is 0. The Balaban J connectivity index is 0.00000288. The molecule has 0 unspecified atom stereocenters. The molecule has 0 radical (unpaired) electrons. The van der Waals surface area contributed by atoms with Crippen LogP contribution in [-0.4, -0.2) is 43.9 Å². The molecule has 1 aromatic rings. The van der Waals surface area contributed by atoms with Gasteiger partial charge < -0.3 is 15.5 Å². The molecule has 2 N–H and O–H groups in total. The number of rotatable bonds is 7. The number of nitrogens with one attached hydrogen (secondary N) is 2. The first-order valence-corrected chi connectivity index (χ1v) is 8.38. The van der Waals surface area contributed by atoms with Crippen molar-refractivity contribution in [2.75, 3.05) is 27.2 Å². The van der Waals surface area contributed by atoms with E-state index in [-0.39, 0.29) is 30.1 Å². The predicted molar refractivity (Wildman–Crippen MR) is 98.4 cm³/mol. The molecule has 0 aliphatic heterocycles. The highest BCUT2D eigenvalue weighted by atomic mass is 35.5. The van der Waals surface area contributed by atoms with Gasteiger partial charge in [-0.1, -0.05) is 25.0 Å². The fraction of sp³-hybridized carbons (Fsp3) is 0.556. The van der Waals surface area contributed by atoms with Crippen LogP contribution in [0.4, 0.5) is 0 Å². The van der Waals surface area contributed by atoms with Crippen LogP contribution in [0.15, 0.2) is 24.3 Å². The van der Waals surface area contributed by atoms with Gasteiger partial charge in [-0.2, -0.15) is 0 Å². The number of amides is 2. The average molecular weight is 354 g/mol. The summed E-state index contributed by atoms with van der Waals surface area (Å²) in [7, 11) is 3.67. The summed E-state index contributed by atoms with van der Waals surface area (Å²) in [6, 6.07) is 7.48. The van der Waals surface area contributed by atoms with E-state index in [1.54, 1.807) is 11.9 Å². The molecule has 1 aromatic carbocycles. The first-order chi connectivity index (χ1) is 11.1. The Hall–Kier alpha value is -1.59. The molecule has 1 aliphatic rings. The number of carbonyl (C=O) groups excluding carboxylic acids is 2. The van der Waals surface area contributed by atoms with Gasteiger partial charge in [0.1, 0.15) is 0 Å². The summed E-state index contributed by atoms with van der Waals surface area (Å²) in [4.78, 5) is 25.9. The van der Waals surface area contributed by atoms with Crippen LogP contribution in [0.5, 0.6) is 0 Å². The molecule has 1 saturated carbocycles. The zero-order chi connectivity index (χ0) is 16.7. The topological polar surface area (TPSA) is 61.4 Å². The normalized spacial score (nSPS) is 14.1. The Labute approximate surface area is 150 Å². The Morgan fingerprint density at radius 2 is 1.79 bits per heavy atom. The van der Waals surface area contributed by atoms with E-state index in [9.17, 15) is 9.59 Å². The van der Waals surface area contributed by atoms with Gasteiger partial charge in [-0.05, 0) is 37.6 Å². The second-order valence-corrected chi connectivity index (χ2v) is 6.23. The lowest BCUT2D eigenvalue weighted by molar-refractivity contribution is -0.124. The van der Waals surface area contributed by atoms with Crippen molar-refractivity contribution in [3.8, 4) is 0 Å². The standard InChI is InChI=1S/C18H27N3O2.ClH/c1-19-11-12-21(2)18(23)16-9-7-14(8-10-16)13-20-17(22)15-5-3-4-6-15;/h7-10,15,19H,3-6,11-13H2,1-2H3,(H,20,22);1H. The zero-order valence-electron chi connectivity index (χ0n) is 14.5. The summed E-state index contributed by atoms with van der Waals surface area (Å²) >= 11 is 0. The van der Waals surface area contributed by atoms with Gasteiger partial charge in [-0.25, -0.2) is 0 Å². The highest BCUT2D eigenvalue weighted by molar-refractivity contribution is 5.94. The van der Waals surface area contributed by atoms with Gasteiger partial charge >= 0.3 is 0 Å². The van der Waals surface area contributed by atoms with Crippen molar-refractivity contribution in [3.05, 3.63) is 35.4 Å². The van der Waals surface area contributed by atoms with Crippen molar-refractivity contribution in [1.82, 2.24) is 15.5 Å². The second-order valence-electron chi connectivity index (χ2n) is 6.23. The summed E-state index contributed by atoms with van der Waals surface area (Å²) in [5, 5.41) is 6.03. The highest BCUT2D eigenvalue weighted by Gasteiger charge is 2.22. The summed E-state index contributed by atoms with van der Waals surface area (Å²) in [6.45, 7) is 1.97. The molecule has 0 spiro atoms. The second kappa shape index (κ2) is 10.3. The molecule has 1 aliphatic carbocycles. The minimum absolute atomic E-state index is 0. The number of nitrogens with zero attached hydrogens (tertiary/aromatic N) is 1. The Morgan fingerprint density at radius 3 is 2.38 bits per heavy atom. The SMILES string of the molecule is CNCCN(C)C(=O)c1ccc(CNC(=O)C2CCCC2)cc1.Cl. The van der Waals surface area contributed by atoms with Gasteiger partial charge in [0, 0.05) is 38.2 Å². The average Bonchev–Trinajstić information content (AvgIpc) is 3.12. The molecule has 0 atom stereocenters. The van der Waals surface area contributed by atoms with Crippen LogP contribution < -0.4 is 10.6 Å². The maximum absolute atomic E-state index is 12.2. The van der Waals surface area contributed by atoms with Crippen LogP contribution in [0.1, 0.15) is 41.6 Å². The molecule has 6 heteroatoms. The lowest BCUT2D eigenvalue weighted by Crippen LogP contribution is -2.32. The summed E-state index contributed by atoms with van der Waals surface area (Å²) in [6.07, 6.45) is 4.35. The number of hydrogen-bond acceptors (Lipinski definition) is 3. The van der Waals surface area contributed by atoms with E-state index < -0.39 is 0 Å². The first-order valence-electron chi connectivity index (χ1n) is 8.38. The molecular weight excluding hydrogens is 326 g/mol. The Bertz CT molecular complexity index is 528. The van der Waals surface area contributed by atoms with Crippen molar-refractivity contribution in [1.29, 1.82) is 0 Å². The lowest BCUT2D eigenvalue weighted by Gasteiger charge is -2.17. The van der Waals surface area contributed by atoms with Crippen molar-refractivity contribution in [3.63, 3.8) is 0 Å². The van der Waals surface area contributed by atoms with E-state index >= 15 is 0 Å². The summed E-state index contributed by atoms with van der Waals surface area (Å²) in [5.41, 5.74) is 1.69. The molecule has 0 saturated heterocycles. The third kappa shape index (κ3) is 5.80. The van der Waals surface area contributed by atoms with Gasteiger partial charge in [-0.15, -0.1) is 12.4 Å². The van der Waals surface area contributed by atoms with Gasteiger partial charge in [0.15, 0.2) is 0 Å². The van der Waals surface area contributed by atoms with Crippen LogP contribution >= 0.6 is 12.4 Å². The molecule has 0 aromatic heterocycles. The van der Waals surface area contributed by atoms with Crippen LogP contribution in [0.25, 0.3) is 0 Å². The molecule has 2 rings (SSSR count). The molecule has 0 heterocycles.